The van der Waals surface area contributed by atoms with E-state index in [1.807, 2.05) is 14.1 Å². The van der Waals surface area contributed by atoms with Gasteiger partial charge in [-0.05, 0) is 113 Å². The van der Waals surface area contributed by atoms with E-state index in [-0.39, 0.29) is 11.8 Å². The van der Waals surface area contributed by atoms with Crippen LogP contribution < -0.4 is 21.3 Å². The summed E-state index contributed by atoms with van der Waals surface area (Å²) in [4.78, 5) is 29.7. The Morgan fingerprint density at radius 3 is 1.24 bits per heavy atom. The molecule has 3 rings (SSSR count). The SMILES string of the molecule is CNc1ccc(CCN(C)CCCNC(=O)c2ccc(C(=O)NCCCN(C)CCc3ccc(NC)cc3)cc2)cc1. The van der Waals surface area contributed by atoms with Gasteiger partial charge in [-0.15, -0.1) is 0 Å². The molecular weight excluding hydrogens is 524 g/mol. The Balaban J connectivity index is 1.26. The van der Waals surface area contributed by atoms with Crippen LogP contribution in [0.25, 0.3) is 0 Å². The number of hydrogen-bond acceptors (Lipinski definition) is 6. The zero-order valence-corrected chi connectivity index (χ0v) is 25.7. The van der Waals surface area contributed by atoms with Gasteiger partial charge in [-0.2, -0.15) is 0 Å². The summed E-state index contributed by atoms with van der Waals surface area (Å²) < 4.78 is 0. The van der Waals surface area contributed by atoms with Gasteiger partial charge < -0.3 is 31.1 Å². The first-order valence-corrected chi connectivity index (χ1v) is 14.9. The Labute approximate surface area is 251 Å². The molecule has 0 bridgehead atoms. The first-order chi connectivity index (χ1) is 20.4. The molecule has 0 aromatic heterocycles. The number of benzene rings is 3. The van der Waals surface area contributed by atoms with E-state index in [2.05, 4.69) is 93.7 Å². The highest BCUT2D eigenvalue weighted by Gasteiger charge is 2.09. The van der Waals surface area contributed by atoms with Gasteiger partial charge in [-0.3, -0.25) is 9.59 Å². The first kappa shape index (κ1) is 32.6. The summed E-state index contributed by atoms with van der Waals surface area (Å²) in [6, 6.07) is 23.9. The lowest BCUT2D eigenvalue weighted by Crippen LogP contribution is -2.30. The normalized spacial score (nSPS) is 11.0. The van der Waals surface area contributed by atoms with Gasteiger partial charge in [0, 0.05) is 62.8 Å². The van der Waals surface area contributed by atoms with Crippen LogP contribution in [0.2, 0.25) is 0 Å². The minimum atomic E-state index is -0.116. The summed E-state index contributed by atoms with van der Waals surface area (Å²) in [6.07, 6.45) is 3.74. The summed E-state index contributed by atoms with van der Waals surface area (Å²) in [5.41, 5.74) is 6.00. The van der Waals surface area contributed by atoms with Gasteiger partial charge in [0.05, 0.1) is 0 Å². The van der Waals surface area contributed by atoms with Crippen LogP contribution in [0.15, 0.2) is 72.8 Å². The molecule has 0 aliphatic heterocycles. The molecule has 0 spiro atoms. The van der Waals surface area contributed by atoms with E-state index < -0.39 is 0 Å². The monoisotopic (exact) mass is 572 g/mol. The van der Waals surface area contributed by atoms with Gasteiger partial charge >= 0.3 is 0 Å². The third-order valence-corrected chi connectivity index (χ3v) is 7.46. The van der Waals surface area contributed by atoms with Crippen molar-refractivity contribution in [1.82, 2.24) is 20.4 Å². The summed E-state index contributed by atoms with van der Waals surface area (Å²) in [7, 11) is 8.06. The number of nitrogens with one attached hydrogen (secondary N) is 4. The Kier molecular flexibility index (Phi) is 13.9. The number of nitrogens with zero attached hydrogens (tertiary/aromatic N) is 2. The lowest BCUT2D eigenvalue weighted by atomic mass is 10.1. The first-order valence-electron chi connectivity index (χ1n) is 14.9. The largest absolute Gasteiger partial charge is 0.388 e. The predicted molar refractivity (Wildman–Crippen MR) is 175 cm³/mol. The topological polar surface area (TPSA) is 88.7 Å². The van der Waals surface area contributed by atoms with E-state index in [4.69, 9.17) is 0 Å². The molecule has 4 N–H and O–H groups in total. The third-order valence-electron chi connectivity index (χ3n) is 7.46. The average molecular weight is 573 g/mol. The minimum Gasteiger partial charge on any atom is -0.388 e. The van der Waals surface area contributed by atoms with Gasteiger partial charge in [0.2, 0.25) is 0 Å². The predicted octanol–water partition coefficient (Wildman–Crippen LogP) is 4.36. The quantitative estimate of drug-likeness (QED) is 0.170. The van der Waals surface area contributed by atoms with E-state index >= 15 is 0 Å². The molecule has 8 nitrogen and oxygen atoms in total. The standard InChI is InChI=1S/C34H48N6O2/c1-35-31-15-7-27(8-16-31)19-25-39(3)23-5-21-37-33(41)29-11-13-30(14-12-29)34(42)38-22-6-24-40(4)26-20-28-9-17-32(36-2)18-10-28/h7-18,35-36H,5-6,19-26H2,1-4H3,(H,37,41)(H,38,42). The van der Waals surface area contributed by atoms with Crippen molar-refractivity contribution < 1.29 is 9.59 Å². The second-order valence-corrected chi connectivity index (χ2v) is 10.8. The Hall–Kier alpha value is -3.88. The van der Waals surface area contributed by atoms with Crippen molar-refractivity contribution in [3.8, 4) is 0 Å². The highest BCUT2D eigenvalue weighted by atomic mass is 16.2. The summed E-state index contributed by atoms with van der Waals surface area (Å²) in [5.74, 6) is -0.231. The molecule has 0 fully saturated rings. The maximum atomic E-state index is 12.5. The van der Waals surface area contributed by atoms with Gasteiger partial charge in [0.1, 0.15) is 0 Å². The average Bonchev–Trinajstić information content (AvgIpc) is 3.03. The molecule has 0 atom stereocenters. The fourth-order valence-electron chi connectivity index (χ4n) is 4.62. The zero-order valence-electron chi connectivity index (χ0n) is 25.7. The molecular formula is C34H48N6O2. The van der Waals surface area contributed by atoms with Gasteiger partial charge in [0.25, 0.3) is 11.8 Å². The maximum Gasteiger partial charge on any atom is 0.251 e. The Bertz CT molecular complexity index is 1120. The van der Waals surface area contributed by atoms with Crippen LogP contribution in [0.4, 0.5) is 11.4 Å². The summed E-state index contributed by atoms with van der Waals surface area (Å²) in [5, 5.41) is 12.3. The van der Waals surface area contributed by atoms with Crippen LogP contribution in [0.5, 0.6) is 0 Å². The lowest BCUT2D eigenvalue weighted by molar-refractivity contribution is 0.0940. The van der Waals surface area contributed by atoms with Crippen LogP contribution in [-0.4, -0.2) is 89.1 Å². The van der Waals surface area contributed by atoms with Crippen molar-refractivity contribution in [1.29, 1.82) is 0 Å². The van der Waals surface area contributed by atoms with Crippen molar-refractivity contribution in [3.63, 3.8) is 0 Å². The molecule has 2 amide bonds. The van der Waals surface area contributed by atoms with Crippen molar-refractivity contribution in [3.05, 3.63) is 95.1 Å². The number of anilines is 2. The molecule has 0 heterocycles. The van der Waals surface area contributed by atoms with Crippen LogP contribution in [-0.2, 0) is 12.8 Å². The Morgan fingerprint density at radius 2 is 0.905 bits per heavy atom. The van der Waals surface area contributed by atoms with Gasteiger partial charge in [-0.1, -0.05) is 24.3 Å². The second-order valence-electron chi connectivity index (χ2n) is 10.8. The van der Waals surface area contributed by atoms with E-state index in [1.165, 1.54) is 11.1 Å². The number of carbonyl (C=O) groups excluding carboxylic acids is 2. The van der Waals surface area contributed by atoms with Gasteiger partial charge in [-0.25, -0.2) is 0 Å². The molecule has 226 valence electrons. The fourth-order valence-corrected chi connectivity index (χ4v) is 4.62. The molecule has 0 radical (unpaired) electrons. The van der Waals surface area contributed by atoms with Crippen molar-refractivity contribution in [2.75, 3.05) is 78.1 Å². The van der Waals surface area contributed by atoms with E-state index in [1.54, 1.807) is 24.3 Å². The molecule has 0 saturated heterocycles. The number of amides is 2. The highest BCUT2D eigenvalue weighted by Crippen LogP contribution is 2.11. The maximum absolute atomic E-state index is 12.5. The number of likely N-dealkylation sites (N-methyl/N-ethyl adjacent to an activating group) is 2. The molecule has 0 aliphatic rings. The highest BCUT2D eigenvalue weighted by molar-refractivity contribution is 5.97. The molecule has 0 aliphatic carbocycles. The van der Waals surface area contributed by atoms with Crippen LogP contribution in [0, 0.1) is 0 Å². The molecule has 8 heteroatoms. The molecule has 0 saturated carbocycles. The number of hydrogen-bond donors (Lipinski definition) is 4. The summed E-state index contributed by atoms with van der Waals surface area (Å²) in [6.45, 7) is 4.99. The van der Waals surface area contributed by atoms with Gasteiger partial charge in [0.15, 0.2) is 0 Å². The fraction of sp³-hybridized carbons (Fsp3) is 0.412. The third kappa shape index (κ3) is 11.5. The molecule has 42 heavy (non-hydrogen) atoms. The molecule has 0 unspecified atom stereocenters. The molecule has 3 aromatic rings. The number of rotatable bonds is 18. The zero-order chi connectivity index (χ0) is 30.2. The lowest BCUT2D eigenvalue weighted by Gasteiger charge is -2.17. The molecule has 3 aromatic carbocycles. The Morgan fingerprint density at radius 1 is 0.548 bits per heavy atom. The van der Waals surface area contributed by atoms with Crippen molar-refractivity contribution in [2.45, 2.75) is 25.7 Å². The van der Waals surface area contributed by atoms with Crippen LogP contribution >= 0.6 is 0 Å². The van der Waals surface area contributed by atoms with Crippen LogP contribution in [0.3, 0.4) is 0 Å². The number of carbonyl (C=O) groups is 2. The minimum absolute atomic E-state index is 0.116. The smallest absolute Gasteiger partial charge is 0.251 e. The van der Waals surface area contributed by atoms with E-state index in [9.17, 15) is 9.59 Å². The van der Waals surface area contributed by atoms with E-state index in [0.29, 0.717) is 24.2 Å². The van der Waals surface area contributed by atoms with E-state index in [0.717, 1.165) is 63.2 Å². The summed E-state index contributed by atoms with van der Waals surface area (Å²) >= 11 is 0. The van der Waals surface area contributed by atoms with Crippen molar-refractivity contribution >= 4 is 23.2 Å². The van der Waals surface area contributed by atoms with Crippen molar-refractivity contribution in [2.24, 2.45) is 0 Å². The second kappa shape index (κ2) is 17.8. The van der Waals surface area contributed by atoms with Crippen LogP contribution in [0.1, 0.15) is 44.7 Å².